The van der Waals surface area contributed by atoms with Gasteiger partial charge in [-0.1, -0.05) is 133 Å². The molecule has 6 aromatic carbocycles. The van der Waals surface area contributed by atoms with Crippen LogP contribution in [-0.4, -0.2) is 19.4 Å². The first-order valence-electron chi connectivity index (χ1n) is 14.5. The van der Waals surface area contributed by atoms with E-state index in [2.05, 4.69) is 114 Å². The maximum absolute atomic E-state index is 5.04. The van der Waals surface area contributed by atoms with Crippen LogP contribution >= 0.6 is 0 Å². The van der Waals surface area contributed by atoms with E-state index in [9.17, 15) is 0 Å². The van der Waals surface area contributed by atoms with Gasteiger partial charge in [0.05, 0.1) is 16.6 Å². The molecule has 4 heteroatoms. The Balaban J connectivity index is 1.25. The number of hydrogen-bond acceptors (Lipinski definition) is 3. The molecular formula is C39H24N4. The molecular weight excluding hydrogens is 524 g/mol. The van der Waals surface area contributed by atoms with Crippen LogP contribution in [0, 0.1) is 0 Å². The van der Waals surface area contributed by atoms with Crippen LogP contribution in [0.5, 0.6) is 0 Å². The number of aromatic nitrogens is 4. The summed E-state index contributed by atoms with van der Waals surface area (Å²) >= 11 is 0. The SMILES string of the molecule is c1ccc(-c2ccc(-c3nc(-c4ccccc4)nc(-c4ccc5c6cccc7c8ccccc8n(c5c4)c76)n3)cc2)cc1. The van der Waals surface area contributed by atoms with E-state index in [0.717, 1.165) is 27.8 Å². The molecule has 0 atom stereocenters. The molecule has 3 heterocycles. The van der Waals surface area contributed by atoms with Crippen LogP contribution in [0.25, 0.3) is 83.4 Å². The standard InChI is InChI=1S/C39H24N4/c1-3-10-25(11-4-1)26-18-20-28(21-19-26)38-40-37(27-12-5-2-6-13-27)41-39(42-38)29-22-23-31-33-16-9-15-32-30-14-7-8-17-34(30)43(36(32)33)35(31)24-29/h1-24H. The zero-order valence-corrected chi connectivity index (χ0v) is 23.1. The molecule has 0 amide bonds. The van der Waals surface area contributed by atoms with Gasteiger partial charge in [-0.3, -0.25) is 0 Å². The zero-order chi connectivity index (χ0) is 28.3. The van der Waals surface area contributed by atoms with Gasteiger partial charge in [0.2, 0.25) is 0 Å². The highest BCUT2D eigenvalue weighted by Gasteiger charge is 2.19. The lowest BCUT2D eigenvalue weighted by Crippen LogP contribution is -2.00. The molecule has 0 aliphatic rings. The largest absolute Gasteiger partial charge is 0.308 e. The zero-order valence-electron chi connectivity index (χ0n) is 23.1. The van der Waals surface area contributed by atoms with Crippen molar-refractivity contribution in [2.75, 3.05) is 0 Å². The highest BCUT2D eigenvalue weighted by molar-refractivity contribution is 6.23. The van der Waals surface area contributed by atoms with Gasteiger partial charge in [-0.05, 0) is 23.3 Å². The molecule has 0 aliphatic heterocycles. The molecule has 4 nitrogen and oxygen atoms in total. The first kappa shape index (κ1) is 23.8. The van der Waals surface area contributed by atoms with Gasteiger partial charge < -0.3 is 4.40 Å². The van der Waals surface area contributed by atoms with E-state index in [4.69, 9.17) is 15.0 Å². The van der Waals surface area contributed by atoms with Crippen molar-refractivity contribution >= 4 is 38.1 Å². The fourth-order valence-electron chi connectivity index (χ4n) is 6.36. The molecule has 0 spiro atoms. The molecule has 0 bridgehead atoms. The Morgan fingerprint density at radius 3 is 1.49 bits per heavy atom. The highest BCUT2D eigenvalue weighted by atomic mass is 15.0. The van der Waals surface area contributed by atoms with Crippen LogP contribution in [0.2, 0.25) is 0 Å². The van der Waals surface area contributed by atoms with Crippen LogP contribution in [0.4, 0.5) is 0 Å². The number of hydrogen-bond donors (Lipinski definition) is 0. The van der Waals surface area contributed by atoms with Crippen molar-refractivity contribution in [2.45, 2.75) is 0 Å². The predicted octanol–water partition coefficient (Wildman–Crippen LogP) is 9.69. The van der Waals surface area contributed by atoms with Crippen molar-refractivity contribution in [1.29, 1.82) is 0 Å². The molecule has 3 aromatic heterocycles. The molecule has 0 fully saturated rings. The van der Waals surface area contributed by atoms with Crippen LogP contribution in [0.15, 0.2) is 146 Å². The number of rotatable bonds is 4. The lowest BCUT2D eigenvalue weighted by Gasteiger charge is -2.09. The molecule has 43 heavy (non-hydrogen) atoms. The Kier molecular flexibility index (Phi) is 5.16. The molecule has 0 N–H and O–H groups in total. The summed E-state index contributed by atoms with van der Waals surface area (Å²) < 4.78 is 2.39. The normalized spacial score (nSPS) is 11.7. The van der Waals surface area contributed by atoms with Gasteiger partial charge in [0, 0.05) is 38.2 Å². The number of benzene rings is 6. The van der Waals surface area contributed by atoms with Crippen molar-refractivity contribution in [1.82, 2.24) is 19.4 Å². The summed E-state index contributed by atoms with van der Waals surface area (Å²) in [5, 5.41) is 5.03. The smallest absolute Gasteiger partial charge is 0.164 e. The van der Waals surface area contributed by atoms with E-state index < -0.39 is 0 Å². The van der Waals surface area contributed by atoms with E-state index in [1.165, 1.54) is 38.1 Å². The third-order valence-corrected chi connectivity index (χ3v) is 8.40. The summed E-state index contributed by atoms with van der Waals surface area (Å²) in [6.45, 7) is 0. The fourth-order valence-corrected chi connectivity index (χ4v) is 6.36. The van der Waals surface area contributed by atoms with Gasteiger partial charge in [-0.2, -0.15) is 0 Å². The van der Waals surface area contributed by atoms with Gasteiger partial charge >= 0.3 is 0 Å². The third kappa shape index (κ3) is 3.74. The number of fused-ring (bicyclic) bond motifs is 6. The molecule has 0 unspecified atom stereocenters. The van der Waals surface area contributed by atoms with Crippen molar-refractivity contribution in [3.8, 4) is 45.3 Å². The lowest BCUT2D eigenvalue weighted by molar-refractivity contribution is 1.07. The van der Waals surface area contributed by atoms with Crippen molar-refractivity contribution < 1.29 is 0 Å². The molecule has 0 saturated carbocycles. The number of nitrogens with zero attached hydrogens (tertiary/aromatic N) is 4. The first-order chi connectivity index (χ1) is 21.3. The Labute approximate surface area is 247 Å². The second-order valence-electron chi connectivity index (χ2n) is 10.9. The predicted molar refractivity (Wildman–Crippen MR) is 176 cm³/mol. The summed E-state index contributed by atoms with van der Waals surface area (Å²) in [6.07, 6.45) is 0. The van der Waals surface area contributed by atoms with Gasteiger partial charge in [0.1, 0.15) is 0 Å². The van der Waals surface area contributed by atoms with E-state index in [0.29, 0.717) is 17.5 Å². The summed E-state index contributed by atoms with van der Waals surface area (Å²) in [7, 11) is 0. The Morgan fingerprint density at radius 1 is 0.326 bits per heavy atom. The van der Waals surface area contributed by atoms with Gasteiger partial charge in [0.15, 0.2) is 17.5 Å². The second kappa shape index (κ2) is 9.33. The maximum Gasteiger partial charge on any atom is 0.164 e. The minimum absolute atomic E-state index is 0.654. The topological polar surface area (TPSA) is 43.1 Å². The summed E-state index contributed by atoms with van der Waals surface area (Å²) in [4.78, 5) is 15.0. The minimum atomic E-state index is 0.654. The molecule has 9 aromatic rings. The van der Waals surface area contributed by atoms with Gasteiger partial charge in [-0.15, -0.1) is 0 Å². The fraction of sp³-hybridized carbons (Fsp3) is 0. The lowest BCUT2D eigenvalue weighted by atomic mass is 10.0. The molecule has 0 saturated heterocycles. The summed E-state index contributed by atoms with van der Waals surface area (Å²) in [6, 6.07) is 50.8. The average molecular weight is 549 g/mol. The van der Waals surface area contributed by atoms with Crippen molar-refractivity contribution in [2.24, 2.45) is 0 Å². The number of para-hydroxylation sites is 2. The van der Waals surface area contributed by atoms with Crippen LogP contribution in [-0.2, 0) is 0 Å². The van der Waals surface area contributed by atoms with Gasteiger partial charge in [-0.25, -0.2) is 15.0 Å². The summed E-state index contributed by atoms with van der Waals surface area (Å²) in [5.74, 6) is 1.97. The van der Waals surface area contributed by atoms with Crippen LogP contribution < -0.4 is 0 Å². The van der Waals surface area contributed by atoms with Crippen LogP contribution in [0.1, 0.15) is 0 Å². The van der Waals surface area contributed by atoms with E-state index in [1.807, 2.05) is 36.4 Å². The third-order valence-electron chi connectivity index (χ3n) is 8.40. The average Bonchev–Trinajstić information content (AvgIpc) is 3.61. The highest BCUT2D eigenvalue weighted by Crippen LogP contribution is 2.40. The van der Waals surface area contributed by atoms with E-state index in [1.54, 1.807) is 0 Å². The minimum Gasteiger partial charge on any atom is -0.308 e. The van der Waals surface area contributed by atoms with Gasteiger partial charge in [0.25, 0.3) is 0 Å². The summed E-state index contributed by atoms with van der Waals surface area (Å²) in [5.41, 5.74) is 8.83. The molecule has 200 valence electrons. The van der Waals surface area contributed by atoms with Crippen molar-refractivity contribution in [3.63, 3.8) is 0 Å². The molecule has 0 radical (unpaired) electrons. The molecule has 0 aliphatic carbocycles. The Hall–Kier alpha value is -5.87. The van der Waals surface area contributed by atoms with E-state index >= 15 is 0 Å². The van der Waals surface area contributed by atoms with Crippen molar-refractivity contribution in [3.05, 3.63) is 146 Å². The maximum atomic E-state index is 5.04. The quantitative estimate of drug-likeness (QED) is 0.220. The first-order valence-corrected chi connectivity index (χ1v) is 14.5. The Morgan fingerprint density at radius 2 is 0.791 bits per heavy atom. The van der Waals surface area contributed by atoms with Crippen LogP contribution in [0.3, 0.4) is 0 Å². The molecule has 9 rings (SSSR count). The monoisotopic (exact) mass is 548 g/mol. The van der Waals surface area contributed by atoms with E-state index in [-0.39, 0.29) is 0 Å². The second-order valence-corrected chi connectivity index (χ2v) is 10.9. The Bertz CT molecular complexity index is 2430.